The maximum Gasteiger partial charge on any atom is 3.00 e. The first-order chi connectivity index (χ1) is 3.46. The summed E-state index contributed by atoms with van der Waals surface area (Å²) in [7, 11) is 0. The fourth-order valence-corrected chi connectivity index (χ4v) is 0. The predicted molar refractivity (Wildman–Crippen MR) is 34.4 cm³/mol. The molecule has 0 saturated carbocycles. The van der Waals surface area contributed by atoms with E-state index in [1.54, 1.807) is 0 Å². The summed E-state index contributed by atoms with van der Waals surface area (Å²) in [6.45, 7) is 1.94. The summed E-state index contributed by atoms with van der Waals surface area (Å²) in [6, 6.07) is 0. The smallest absolute Gasteiger partial charge is 0.550 e. The number of halogens is 1. The van der Waals surface area contributed by atoms with Gasteiger partial charge in [0, 0.05) is 11.9 Å². The largest absolute Gasteiger partial charge is 3.00 e. The molecular weight excluding hydrogens is 266 g/mol. The zero-order valence-corrected chi connectivity index (χ0v) is 10.5. The van der Waals surface area contributed by atoms with Crippen LogP contribution in [0.3, 0.4) is 0 Å². The van der Waals surface area contributed by atoms with Crippen LogP contribution in [0.1, 0.15) is 13.8 Å². The number of carbonyl (C=O) groups excluding carboxylic acids is 2. The molecule has 0 amide bonds. The molecule has 0 fully saturated rings. The van der Waals surface area contributed by atoms with E-state index in [9.17, 15) is 0 Å². The molecule has 0 N–H and O–H groups in total. The Bertz CT molecular complexity index is 80.1. The second-order valence-electron chi connectivity index (χ2n) is 0.983. The topological polar surface area (TPSA) is 80.3 Å². The third kappa shape index (κ3) is 1910. The Labute approximate surface area is 101 Å². The van der Waals surface area contributed by atoms with E-state index in [1.165, 1.54) is 0 Å². The number of carboxylic acid groups (broad SMARTS) is 2. The van der Waals surface area contributed by atoms with Crippen LogP contribution < -0.4 is 10.2 Å². The molecule has 0 aliphatic carbocycles. The van der Waals surface area contributed by atoms with Crippen LogP contribution >= 0.6 is 12.4 Å². The molecule has 0 heterocycles. The van der Waals surface area contributed by atoms with E-state index in [-0.39, 0.29) is 56.0 Å². The van der Waals surface area contributed by atoms with Gasteiger partial charge >= 0.3 is 43.6 Å². The van der Waals surface area contributed by atoms with Crippen molar-refractivity contribution < 1.29 is 46.0 Å². The Hall–Kier alpha value is 0.646. The van der Waals surface area contributed by atoms with Crippen LogP contribution in [0.2, 0.25) is 0 Å². The normalized spacial score (nSPS) is 4.55. The Morgan fingerprint density at radius 2 is 1.00 bits per heavy atom. The van der Waals surface area contributed by atoms with Crippen molar-refractivity contribution in [1.82, 2.24) is 0 Å². The molecular formula is C4H7AlClO4Zr+3. The minimum absolute atomic E-state index is 0. The monoisotopic (exact) mass is 271 g/mol. The van der Waals surface area contributed by atoms with Crippen molar-refractivity contribution in [2.75, 3.05) is 0 Å². The van der Waals surface area contributed by atoms with Gasteiger partial charge in [0.1, 0.15) is 0 Å². The van der Waals surface area contributed by atoms with Crippen LogP contribution in [0.15, 0.2) is 0 Å². The van der Waals surface area contributed by atoms with Crippen molar-refractivity contribution >= 4 is 41.7 Å². The average Bonchev–Trinajstić information content (AvgIpc) is 1.25. The summed E-state index contributed by atoms with van der Waals surface area (Å²) in [5.41, 5.74) is 0. The van der Waals surface area contributed by atoms with Crippen molar-refractivity contribution in [3.05, 3.63) is 0 Å². The van der Waals surface area contributed by atoms with Crippen LogP contribution in [-0.4, -0.2) is 29.3 Å². The molecule has 0 aromatic rings. The second-order valence-corrected chi connectivity index (χ2v) is 0.983. The Kier molecular flexibility index (Phi) is 60.9. The van der Waals surface area contributed by atoms with Crippen molar-refractivity contribution in [3.8, 4) is 0 Å². The van der Waals surface area contributed by atoms with Gasteiger partial charge in [0.25, 0.3) is 0 Å². The number of carboxylic acids is 2. The molecule has 0 aromatic carbocycles. The summed E-state index contributed by atoms with van der Waals surface area (Å²) in [4.78, 5) is 17.8. The molecule has 11 heavy (non-hydrogen) atoms. The maximum atomic E-state index is 8.89. The number of hydrogen-bond donors (Lipinski definition) is 0. The molecule has 4 nitrogen and oxygen atoms in total. The molecule has 0 saturated heterocycles. The molecule has 0 atom stereocenters. The average molecular weight is 273 g/mol. The van der Waals surface area contributed by atoms with Crippen LogP contribution in [0.5, 0.6) is 0 Å². The van der Waals surface area contributed by atoms with Gasteiger partial charge in [-0.15, -0.1) is 12.4 Å². The van der Waals surface area contributed by atoms with Gasteiger partial charge in [-0.2, -0.15) is 0 Å². The summed E-state index contributed by atoms with van der Waals surface area (Å²) < 4.78 is 0. The minimum Gasteiger partial charge on any atom is -0.550 e. The van der Waals surface area contributed by atoms with Crippen molar-refractivity contribution in [2.45, 2.75) is 13.8 Å². The number of carbonyl (C=O) groups is 2. The van der Waals surface area contributed by atoms with Gasteiger partial charge in [-0.1, -0.05) is 0 Å². The van der Waals surface area contributed by atoms with Crippen LogP contribution in [-0.2, 0) is 35.8 Å². The molecule has 0 bridgehead atoms. The molecule has 0 aliphatic heterocycles. The van der Waals surface area contributed by atoms with Gasteiger partial charge in [-0.3, -0.25) is 0 Å². The third-order valence-corrected chi connectivity index (χ3v) is 0. The Balaban J connectivity index is -0.0000000171. The Morgan fingerprint density at radius 3 is 1.00 bits per heavy atom. The predicted octanol–water partition coefficient (Wildman–Crippen LogP) is -2.45. The second kappa shape index (κ2) is 22.4. The fraction of sp³-hybridized carbons (Fsp3) is 0.500. The molecule has 0 spiro atoms. The summed E-state index contributed by atoms with van der Waals surface area (Å²) in [6.07, 6.45) is 0. The van der Waals surface area contributed by atoms with Gasteiger partial charge in [-0.05, 0) is 13.8 Å². The van der Waals surface area contributed by atoms with E-state index in [4.69, 9.17) is 19.8 Å². The fourth-order valence-electron chi connectivity index (χ4n) is 0. The number of rotatable bonds is 0. The minimum atomic E-state index is -1.08. The van der Waals surface area contributed by atoms with Gasteiger partial charge in [0.15, 0.2) is 0 Å². The molecule has 0 aromatic heterocycles. The van der Waals surface area contributed by atoms with E-state index >= 15 is 0 Å². The summed E-state index contributed by atoms with van der Waals surface area (Å²) in [5.74, 6) is -2.17. The van der Waals surface area contributed by atoms with Gasteiger partial charge in [-0.25, -0.2) is 0 Å². The SMILES string of the molecule is CC(=O)[O-].CC(=O)[O-].Cl.[Al+3].[Zr+2]. The number of aliphatic carboxylic acids is 2. The van der Waals surface area contributed by atoms with E-state index in [0.717, 1.165) is 13.8 Å². The summed E-state index contributed by atoms with van der Waals surface area (Å²) >= 11 is 0. The first kappa shape index (κ1) is 29.9. The zero-order chi connectivity index (χ0) is 7.15. The molecule has 7 heteroatoms. The molecule has 0 radical (unpaired) electrons. The first-order valence-electron chi connectivity index (χ1n) is 1.82. The number of hydrogen-bond acceptors (Lipinski definition) is 4. The molecule has 58 valence electrons. The maximum absolute atomic E-state index is 8.89. The molecule has 0 unspecified atom stereocenters. The van der Waals surface area contributed by atoms with E-state index in [1.807, 2.05) is 0 Å². The summed E-state index contributed by atoms with van der Waals surface area (Å²) in [5, 5.41) is 17.8. The molecule has 0 rings (SSSR count). The third-order valence-electron chi connectivity index (χ3n) is 0. The van der Waals surface area contributed by atoms with Gasteiger partial charge < -0.3 is 19.8 Å². The van der Waals surface area contributed by atoms with Gasteiger partial charge in [0.05, 0.1) is 0 Å². The quantitative estimate of drug-likeness (QED) is 0.459. The van der Waals surface area contributed by atoms with E-state index in [0.29, 0.717) is 0 Å². The van der Waals surface area contributed by atoms with Crippen molar-refractivity contribution in [1.29, 1.82) is 0 Å². The van der Waals surface area contributed by atoms with Crippen molar-refractivity contribution in [3.63, 3.8) is 0 Å². The first-order valence-corrected chi connectivity index (χ1v) is 1.82. The van der Waals surface area contributed by atoms with Crippen molar-refractivity contribution in [2.24, 2.45) is 0 Å². The zero-order valence-electron chi connectivity index (χ0n) is 6.12. The van der Waals surface area contributed by atoms with Crippen LogP contribution in [0.25, 0.3) is 0 Å². The van der Waals surface area contributed by atoms with E-state index in [2.05, 4.69) is 0 Å². The van der Waals surface area contributed by atoms with Gasteiger partial charge in [0.2, 0.25) is 0 Å². The van der Waals surface area contributed by atoms with Crippen LogP contribution in [0, 0.1) is 0 Å². The molecule has 0 aliphatic rings. The standard InChI is InChI=1S/2C2H4O2.Al.ClH.Zr/c2*1-2(3)4;;;/h2*1H3,(H,3,4);;1H;/q;;+3;;+2/p-2. The Morgan fingerprint density at radius 1 is 1.00 bits per heavy atom. The van der Waals surface area contributed by atoms with Crippen LogP contribution in [0.4, 0.5) is 0 Å². The van der Waals surface area contributed by atoms with E-state index < -0.39 is 11.9 Å².